The molecule has 4 nitrogen and oxygen atoms in total. The maximum atomic E-state index is 12.9. The second kappa shape index (κ2) is 6.54. The van der Waals surface area contributed by atoms with Crippen LogP contribution in [0.5, 0.6) is 0 Å². The Morgan fingerprint density at radius 1 is 1.26 bits per heavy atom. The van der Waals surface area contributed by atoms with Gasteiger partial charge in [-0.15, -0.1) is 0 Å². The predicted molar refractivity (Wildman–Crippen MR) is 85.7 cm³/mol. The van der Waals surface area contributed by atoms with Crippen LogP contribution in [0.2, 0.25) is 0 Å². The monoisotopic (exact) mass is 316 g/mol. The Morgan fingerprint density at radius 2 is 1.96 bits per heavy atom. The van der Waals surface area contributed by atoms with Crippen molar-refractivity contribution in [1.29, 1.82) is 0 Å². The van der Waals surface area contributed by atoms with Crippen LogP contribution in [0, 0.1) is 5.82 Å². The van der Waals surface area contributed by atoms with Gasteiger partial charge in [0.05, 0.1) is 6.26 Å². The van der Waals surface area contributed by atoms with Gasteiger partial charge in [0, 0.05) is 18.2 Å². The number of hydrogen-bond donors (Lipinski definition) is 1. The van der Waals surface area contributed by atoms with Gasteiger partial charge in [0.25, 0.3) is 5.91 Å². The number of benzene rings is 1. The van der Waals surface area contributed by atoms with Gasteiger partial charge in [-0.1, -0.05) is 12.1 Å². The summed E-state index contributed by atoms with van der Waals surface area (Å²) >= 11 is 0. The van der Waals surface area contributed by atoms with Crippen molar-refractivity contribution in [3.05, 3.63) is 59.3 Å². The average Bonchev–Trinajstić information content (AvgIpc) is 2.91. The SMILES string of the molecule is CN(C)Cc1ccoc1C(=O)NC1CC(c2ccc(F)cc2)C1. The Morgan fingerprint density at radius 3 is 2.61 bits per heavy atom. The van der Waals surface area contributed by atoms with Crippen molar-refractivity contribution in [3.8, 4) is 0 Å². The van der Waals surface area contributed by atoms with Gasteiger partial charge in [-0.2, -0.15) is 0 Å². The van der Waals surface area contributed by atoms with Gasteiger partial charge in [-0.3, -0.25) is 4.79 Å². The van der Waals surface area contributed by atoms with E-state index in [0.717, 1.165) is 24.0 Å². The molecule has 122 valence electrons. The van der Waals surface area contributed by atoms with E-state index in [4.69, 9.17) is 4.42 Å². The molecule has 0 saturated heterocycles. The van der Waals surface area contributed by atoms with Gasteiger partial charge in [0.2, 0.25) is 0 Å². The molecule has 0 aliphatic heterocycles. The zero-order valence-electron chi connectivity index (χ0n) is 13.4. The van der Waals surface area contributed by atoms with Crippen LogP contribution in [0.25, 0.3) is 0 Å². The quantitative estimate of drug-likeness (QED) is 0.921. The molecule has 0 atom stereocenters. The van der Waals surface area contributed by atoms with E-state index in [9.17, 15) is 9.18 Å². The first-order valence-electron chi connectivity index (χ1n) is 7.80. The molecule has 1 aliphatic rings. The third-order valence-corrected chi connectivity index (χ3v) is 4.25. The van der Waals surface area contributed by atoms with Crippen molar-refractivity contribution in [2.45, 2.75) is 31.3 Å². The van der Waals surface area contributed by atoms with Gasteiger partial charge in [0.15, 0.2) is 5.76 Å². The highest BCUT2D eigenvalue weighted by Crippen LogP contribution is 2.37. The maximum Gasteiger partial charge on any atom is 0.287 e. The van der Waals surface area contributed by atoms with Crippen molar-refractivity contribution < 1.29 is 13.6 Å². The average molecular weight is 316 g/mol. The predicted octanol–water partition coefficient (Wildman–Crippen LogP) is 3.16. The third kappa shape index (κ3) is 3.62. The van der Waals surface area contributed by atoms with Gasteiger partial charge < -0.3 is 14.6 Å². The zero-order valence-corrected chi connectivity index (χ0v) is 13.4. The lowest BCUT2D eigenvalue weighted by Gasteiger charge is -2.36. The number of halogens is 1. The van der Waals surface area contributed by atoms with E-state index in [0.29, 0.717) is 18.2 Å². The van der Waals surface area contributed by atoms with Gasteiger partial charge in [-0.05, 0) is 56.6 Å². The van der Waals surface area contributed by atoms with E-state index in [1.807, 2.05) is 37.2 Å². The smallest absolute Gasteiger partial charge is 0.287 e. The fourth-order valence-corrected chi connectivity index (χ4v) is 2.99. The normalized spacial score (nSPS) is 20.3. The molecule has 1 fully saturated rings. The second-order valence-electron chi connectivity index (χ2n) is 6.40. The van der Waals surface area contributed by atoms with Crippen molar-refractivity contribution in [2.75, 3.05) is 14.1 Å². The number of amides is 1. The minimum atomic E-state index is -0.218. The largest absolute Gasteiger partial charge is 0.459 e. The van der Waals surface area contributed by atoms with Gasteiger partial charge >= 0.3 is 0 Å². The van der Waals surface area contributed by atoms with Gasteiger partial charge in [-0.25, -0.2) is 4.39 Å². The Kier molecular flexibility index (Phi) is 4.48. The van der Waals surface area contributed by atoms with Crippen molar-refractivity contribution >= 4 is 5.91 Å². The first kappa shape index (κ1) is 15.7. The van der Waals surface area contributed by atoms with E-state index >= 15 is 0 Å². The topological polar surface area (TPSA) is 45.5 Å². The lowest BCUT2D eigenvalue weighted by molar-refractivity contribution is 0.0878. The lowest BCUT2D eigenvalue weighted by Crippen LogP contribution is -2.43. The van der Waals surface area contributed by atoms with Crippen LogP contribution in [-0.2, 0) is 6.54 Å². The summed E-state index contributed by atoms with van der Waals surface area (Å²) < 4.78 is 18.3. The van der Waals surface area contributed by atoms with Crippen molar-refractivity contribution in [3.63, 3.8) is 0 Å². The Balaban J connectivity index is 1.54. The minimum absolute atomic E-state index is 0.148. The molecule has 1 saturated carbocycles. The van der Waals surface area contributed by atoms with Crippen LogP contribution in [0.4, 0.5) is 4.39 Å². The highest BCUT2D eigenvalue weighted by Gasteiger charge is 2.32. The first-order valence-corrected chi connectivity index (χ1v) is 7.80. The second-order valence-corrected chi connectivity index (χ2v) is 6.40. The van der Waals surface area contributed by atoms with E-state index in [2.05, 4.69) is 5.32 Å². The van der Waals surface area contributed by atoms with E-state index in [1.54, 1.807) is 6.26 Å². The summed E-state index contributed by atoms with van der Waals surface area (Å²) in [6, 6.07) is 8.58. The number of nitrogens with zero attached hydrogens (tertiary/aromatic N) is 1. The summed E-state index contributed by atoms with van der Waals surface area (Å²) in [6.07, 6.45) is 3.30. The minimum Gasteiger partial charge on any atom is -0.459 e. The number of nitrogens with one attached hydrogen (secondary N) is 1. The standard InChI is InChI=1S/C18H21FN2O2/c1-21(2)11-13-7-8-23-17(13)18(22)20-16-9-14(10-16)12-3-5-15(19)6-4-12/h3-8,14,16H,9-11H2,1-2H3,(H,20,22). The molecule has 2 aromatic rings. The lowest BCUT2D eigenvalue weighted by atomic mass is 9.76. The molecule has 1 amide bonds. The molecule has 1 aromatic heterocycles. The molecule has 5 heteroatoms. The molecule has 23 heavy (non-hydrogen) atoms. The fraction of sp³-hybridized carbons (Fsp3) is 0.389. The van der Waals surface area contributed by atoms with Crippen LogP contribution < -0.4 is 5.32 Å². The zero-order chi connectivity index (χ0) is 16.4. The van der Waals surface area contributed by atoms with Crippen LogP contribution in [-0.4, -0.2) is 30.9 Å². The van der Waals surface area contributed by atoms with Crippen LogP contribution in [0.1, 0.15) is 40.4 Å². The molecule has 0 bridgehead atoms. The number of furan rings is 1. The maximum absolute atomic E-state index is 12.9. The fourth-order valence-electron chi connectivity index (χ4n) is 2.99. The molecule has 1 aliphatic carbocycles. The summed E-state index contributed by atoms with van der Waals surface area (Å²) in [6.45, 7) is 0.669. The Bertz CT molecular complexity index is 673. The summed E-state index contributed by atoms with van der Waals surface area (Å²) in [5.74, 6) is 0.404. The van der Waals surface area contributed by atoms with E-state index < -0.39 is 0 Å². The van der Waals surface area contributed by atoms with E-state index in [1.165, 1.54) is 12.1 Å². The number of rotatable bonds is 5. The Labute approximate surface area is 135 Å². The number of hydrogen-bond acceptors (Lipinski definition) is 3. The molecule has 1 aromatic carbocycles. The molecule has 0 unspecified atom stereocenters. The molecular weight excluding hydrogens is 295 g/mol. The van der Waals surface area contributed by atoms with Crippen LogP contribution in [0.15, 0.2) is 41.0 Å². The van der Waals surface area contributed by atoms with Crippen molar-refractivity contribution in [2.24, 2.45) is 0 Å². The molecule has 1 heterocycles. The summed E-state index contributed by atoms with van der Waals surface area (Å²) in [7, 11) is 3.90. The van der Waals surface area contributed by atoms with Crippen LogP contribution >= 0.6 is 0 Å². The molecular formula is C18H21FN2O2. The molecule has 0 spiro atoms. The molecule has 0 radical (unpaired) electrons. The summed E-state index contributed by atoms with van der Waals surface area (Å²) in [5, 5.41) is 3.02. The highest BCUT2D eigenvalue weighted by atomic mass is 19.1. The molecule has 3 rings (SSSR count). The number of carbonyl (C=O) groups excluding carboxylic acids is 1. The summed E-state index contributed by atoms with van der Waals surface area (Å²) in [4.78, 5) is 14.3. The van der Waals surface area contributed by atoms with Crippen LogP contribution in [0.3, 0.4) is 0 Å². The molecule has 1 N–H and O–H groups in total. The van der Waals surface area contributed by atoms with Gasteiger partial charge in [0.1, 0.15) is 5.82 Å². The van der Waals surface area contributed by atoms with Crippen molar-refractivity contribution in [1.82, 2.24) is 10.2 Å². The third-order valence-electron chi connectivity index (χ3n) is 4.25. The Hall–Kier alpha value is -2.14. The summed E-state index contributed by atoms with van der Waals surface area (Å²) in [5.41, 5.74) is 2.02. The number of carbonyl (C=O) groups is 1. The first-order chi connectivity index (χ1) is 11.0. The highest BCUT2D eigenvalue weighted by molar-refractivity contribution is 5.93. The van der Waals surface area contributed by atoms with E-state index in [-0.39, 0.29) is 17.8 Å².